The van der Waals surface area contributed by atoms with Crippen LogP contribution in [0.4, 0.5) is 0 Å². The van der Waals surface area contributed by atoms with Crippen LogP contribution < -0.4 is 5.32 Å². The fourth-order valence-electron chi connectivity index (χ4n) is 2.55. The van der Waals surface area contributed by atoms with Crippen molar-refractivity contribution in [2.24, 2.45) is 0 Å². The zero-order valence-corrected chi connectivity index (χ0v) is 14.7. The number of carboxylic acid groups (broad SMARTS) is 1. The Labute approximate surface area is 143 Å². The summed E-state index contributed by atoms with van der Waals surface area (Å²) >= 11 is 0. The Morgan fingerprint density at radius 3 is 2.54 bits per heavy atom. The van der Waals surface area contributed by atoms with E-state index in [0.717, 1.165) is 12.0 Å². The van der Waals surface area contributed by atoms with E-state index in [0.29, 0.717) is 13.0 Å². The molecule has 2 rings (SSSR count). The highest BCUT2D eigenvalue weighted by Crippen LogP contribution is 2.14. The zero-order chi connectivity index (χ0) is 17.6. The van der Waals surface area contributed by atoms with Crippen LogP contribution >= 0.6 is 0 Å². The monoisotopic (exact) mass is 329 g/mol. The average Bonchev–Trinajstić information content (AvgIpc) is 3.00. The molecule has 1 heterocycles. The lowest BCUT2D eigenvalue weighted by Crippen LogP contribution is -2.31. The number of benzene rings is 1. The number of carboxylic acids is 1. The topological polar surface area (TPSA) is 67.2 Å². The largest absolute Gasteiger partial charge is 0.481 e. The van der Waals surface area contributed by atoms with Gasteiger partial charge in [-0.25, -0.2) is 0 Å². The van der Waals surface area contributed by atoms with Gasteiger partial charge in [-0.3, -0.25) is 9.48 Å². The molecule has 5 nitrogen and oxygen atoms in total. The molecule has 0 amide bonds. The molecule has 0 fully saturated rings. The minimum atomic E-state index is -0.754. The van der Waals surface area contributed by atoms with E-state index in [9.17, 15) is 4.79 Å². The van der Waals surface area contributed by atoms with E-state index >= 15 is 0 Å². The number of nitrogens with one attached hydrogen (secondary N) is 1. The minimum absolute atomic E-state index is 0.0367. The summed E-state index contributed by atoms with van der Waals surface area (Å²) in [6.45, 7) is 7.03. The Hall–Kier alpha value is -2.14. The number of aromatic nitrogens is 2. The second-order valence-electron chi connectivity index (χ2n) is 7.16. The van der Waals surface area contributed by atoms with Crippen LogP contribution in [0.2, 0.25) is 0 Å². The molecule has 0 spiro atoms. The molecule has 0 aliphatic carbocycles. The fourth-order valence-corrected chi connectivity index (χ4v) is 2.55. The first-order valence-electron chi connectivity index (χ1n) is 8.38. The first kappa shape index (κ1) is 18.2. The van der Waals surface area contributed by atoms with Crippen molar-refractivity contribution < 1.29 is 9.90 Å². The molecule has 0 saturated heterocycles. The van der Waals surface area contributed by atoms with Gasteiger partial charge < -0.3 is 10.4 Å². The highest BCUT2D eigenvalue weighted by molar-refractivity contribution is 5.66. The molecule has 2 N–H and O–H groups in total. The third kappa shape index (κ3) is 5.81. The normalized spacial score (nSPS) is 13.0. The van der Waals surface area contributed by atoms with Crippen LogP contribution in [0.1, 0.15) is 44.7 Å². The Morgan fingerprint density at radius 2 is 1.96 bits per heavy atom. The second kappa shape index (κ2) is 8.11. The summed E-state index contributed by atoms with van der Waals surface area (Å²) in [6, 6.07) is 10.3. The van der Waals surface area contributed by atoms with E-state index in [1.807, 2.05) is 35.3 Å². The Balaban J connectivity index is 1.96. The zero-order valence-electron chi connectivity index (χ0n) is 14.7. The molecule has 130 valence electrons. The predicted molar refractivity (Wildman–Crippen MR) is 94.9 cm³/mol. The van der Waals surface area contributed by atoms with Crippen LogP contribution in [0, 0.1) is 0 Å². The molecule has 1 atom stereocenters. The number of hydrogen-bond acceptors (Lipinski definition) is 3. The molecule has 0 radical (unpaired) electrons. The number of rotatable bonds is 8. The van der Waals surface area contributed by atoms with Crippen molar-refractivity contribution in [2.75, 3.05) is 0 Å². The van der Waals surface area contributed by atoms with E-state index in [1.165, 1.54) is 5.56 Å². The quantitative estimate of drug-likeness (QED) is 0.780. The smallest absolute Gasteiger partial charge is 0.303 e. The number of hydrogen-bond donors (Lipinski definition) is 2. The number of aliphatic carboxylic acids is 1. The SMILES string of the molecule is CC(C)(C)n1cc(CNC(CCC(=O)O)Cc2ccccc2)cn1. The van der Waals surface area contributed by atoms with E-state index in [1.54, 1.807) is 0 Å². The first-order valence-corrected chi connectivity index (χ1v) is 8.38. The van der Waals surface area contributed by atoms with Crippen molar-refractivity contribution in [3.63, 3.8) is 0 Å². The lowest BCUT2D eigenvalue weighted by Gasteiger charge is -2.19. The maximum Gasteiger partial charge on any atom is 0.303 e. The minimum Gasteiger partial charge on any atom is -0.481 e. The van der Waals surface area contributed by atoms with Crippen molar-refractivity contribution in [3.05, 3.63) is 53.9 Å². The summed E-state index contributed by atoms with van der Waals surface area (Å²) in [5, 5.41) is 16.9. The van der Waals surface area contributed by atoms with Gasteiger partial charge in [0.15, 0.2) is 0 Å². The number of nitrogens with zero attached hydrogens (tertiary/aromatic N) is 2. The lowest BCUT2D eigenvalue weighted by molar-refractivity contribution is -0.137. The van der Waals surface area contributed by atoms with E-state index in [2.05, 4.69) is 43.3 Å². The van der Waals surface area contributed by atoms with Gasteiger partial charge in [-0.15, -0.1) is 0 Å². The van der Waals surface area contributed by atoms with Gasteiger partial charge in [0.2, 0.25) is 0 Å². The third-order valence-corrected chi connectivity index (χ3v) is 3.95. The molecular formula is C19H27N3O2. The van der Waals surface area contributed by atoms with E-state index < -0.39 is 5.97 Å². The summed E-state index contributed by atoms with van der Waals surface area (Å²) in [5.74, 6) is -0.754. The molecule has 0 saturated carbocycles. The summed E-state index contributed by atoms with van der Waals surface area (Å²) in [5.41, 5.74) is 2.29. The summed E-state index contributed by atoms with van der Waals surface area (Å²) < 4.78 is 1.95. The Bertz CT molecular complexity index is 644. The van der Waals surface area contributed by atoms with Gasteiger partial charge in [-0.05, 0) is 39.2 Å². The van der Waals surface area contributed by atoms with Gasteiger partial charge >= 0.3 is 5.97 Å². The van der Waals surface area contributed by atoms with Crippen LogP contribution in [0.25, 0.3) is 0 Å². The van der Waals surface area contributed by atoms with Gasteiger partial charge in [-0.1, -0.05) is 30.3 Å². The van der Waals surface area contributed by atoms with Gasteiger partial charge in [0, 0.05) is 30.8 Å². The van der Waals surface area contributed by atoms with Gasteiger partial charge in [0.25, 0.3) is 0 Å². The van der Waals surface area contributed by atoms with Crippen molar-refractivity contribution in [1.29, 1.82) is 0 Å². The molecule has 0 aliphatic rings. The van der Waals surface area contributed by atoms with Crippen molar-refractivity contribution in [2.45, 2.75) is 58.2 Å². The van der Waals surface area contributed by atoms with Crippen LogP contribution in [0.3, 0.4) is 0 Å². The molecule has 1 aromatic heterocycles. The van der Waals surface area contributed by atoms with Crippen LogP contribution in [0.15, 0.2) is 42.7 Å². The molecule has 0 aliphatic heterocycles. The van der Waals surface area contributed by atoms with Crippen LogP contribution in [-0.4, -0.2) is 26.9 Å². The molecule has 24 heavy (non-hydrogen) atoms. The van der Waals surface area contributed by atoms with Crippen molar-refractivity contribution in [3.8, 4) is 0 Å². The third-order valence-electron chi connectivity index (χ3n) is 3.95. The molecule has 1 aromatic carbocycles. The van der Waals surface area contributed by atoms with Crippen LogP contribution in [0.5, 0.6) is 0 Å². The standard InChI is InChI=1S/C19H27N3O2/c1-19(2,3)22-14-16(13-21-22)12-20-17(9-10-18(23)24)11-15-7-5-4-6-8-15/h4-8,13-14,17,20H,9-12H2,1-3H3,(H,23,24). The second-order valence-corrected chi connectivity index (χ2v) is 7.16. The molecule has 5 heteroatoms. The highest BCUT2D eigenvalue weighted by atomic mass is 16.4. The highest BCUT2D eigenvalue weighted by Gasteiger charge is 2.15. The Morgan fingerprint density at radius 1 is 1.25 bits per heavy atom. The molecular weight excluding hydrogens is 302 g/mol. The first-order chi connectivity index (χ1) is 11.3. The van der Waals surface area contributed by atoms with Crippen molar-refractivity contribution in [1.82, 2.24) is 15.1 Å². The summed E-state index contributed by atoms with van der Waals surface area (Å²) in [4.78, 5) is 10.9. The average molecular weight is 329 g/mol. The van der Waals surface area contributed by atoms with E-state index in [4.69, 9.17) is 5.11 Å². The molecule has 2 aromatic rings. The Kier molecular flexibility index (Phi) is 6.15. The lowest BCUT2D eigenvalue weighted by atomic mass is 10.0. The predicted octanol–water partition coefficient (Wildman–Crippen LogP) is 3.20. The maximum absolute atomic E-state index is 10.9. The molecule has 1 unspecified atom stereocenters. The van der Waals surface area contributed by atoms with Crippen LogP contribution in [-0.2, 0) is 23.3 Å². The van der Waals surface area contributed by atoms with E-state index in [-0.39, 0.29) is 18.0 Å². The number of carbonyl (C=O) groups is 1. The summed E-state index contributed by atoms with van der Waals surface area (Å²) in [6.07, 6.45) is 5.52. The van der Waals surface area contributed by atoms with Crippen molar-refractivity contribution >= 4 is 5.97 Å². The summed E-state index contributed by atoms with van der Waals surface area (Å²) in [7, 11) is 0. The van der Waals surface area contributed by atoms with Gasteiger partial charge in [-0.2, -0.15) is 5.10 Å². The van der Waals surface area contributed by atoms with Gasteiger partial charge in [0.05, 0.1) is 11.7 Å². The fraction of sp³-hybridized carbons (Fsp3) is 0.474. The maximum atomic E-state index is 10.9. The molecule has 0 bridgehead atoms. The van der Waals surface area contributed by atoms with Gasteiger partial charge in [0.1, 0.15) is 0 Å².